The van der Waals surface area contributed by atoms with Crippen LogP contribution in [0.3, 0.4) is 0 Å². The highest BCUT2D eigenvalue weighted by atomic mass is 14.8. The van der Waals surface area contributed by atoms with Gasteiger partial charge in [-0.2, -0.15) is 0 Å². The lowest BCUT2D eigenvalue weighted by atomic mass is 9.48. The highest BCUT2D eigenvalue weighted by Gasteiger charge is 2.53. The third-order valence-corrected chi connectivity index (χ3v) is 9.86. The molecule has 4 atom stereocenters. The van der Waals surface area contributed by atoms with Crippen LogP contribution < -0.4 is 0 Å². The summed E-state index contributed by atoms with van der Waals surface area (Å²) in [4.78, 5) is 15.2. The molecule has 162 valence electrons. The lowest BCUT2D eigenvalue weighted by Gasteiger charge is -2.56. The van der Waals surface area contributed by atoms with E-state index in [2.05, 4.69) is 70.2 Å². The minimum absolute atomic E-state index is 0.433. The predicted molar refractivity (Wildman–Crippen MR) is 127 cm³/mol. The first-order valence-corrected chi connectivity index (χ1v) is 12.3. The molecule has 3 aromatic heterocycles. The summed E-state index contributed by atoms with van der Waals surface area (Å²) >= 11 is 0. The van der Waals surface area contributed by atoms with Gasteiger partial charge in [0, 0.05) is 11.4 Å². The first-order chi connectivity index (χ1) is 15.3. The Morgan fingerprint density at radius 1 is 0.594 bits per heavy atom. The summed E-state index contributed by atoms with van der Waals surface area (Å²) in [5, 5.41) is 0. The van der Waals surface area contributed by atoms with Crippen LogP contribution in [-0.2, 0) is 12.8 Å². The minimum atomic E-state index is 0.433. The van der Waals surface area contributed by atoms with Crippen molar-refractivity contribution in [2.24, 2.45) is 22.7 Å². The molecule has 0 amide bonds. The molecule has 32 heavy (non-hydrogen) atoms. The van der Waals surface area contributed by atoms with Crippen LogP contribution in [0.4, 0.5) is 0 Å². The molecule has 3 aromatic rings. The quantitative estimate of drug-likeness (QED) is 0.469. The van der Waals surface area contributed by atoms with Crippen LogP contribution in [0.5, 0.6) is 0 Å². The highest BCUT2D eigenvalue weighted by molar-refractivity contribution is 5.63. The molecule has 3 nitrogen and oxygen atoms in total. The lowest BCUT2D eigenvalue weighted by Crippen LogP contribution is -2.48. The van der Waals surface area contributed by atoms with Crippen LogP contribution in [0.1, 0.15) is 74.9 Å². The minimum Gasteiger partial charge on any atom is -0.251 e. The van der Waals surface area contributed by atoms with Crippen molar-refractivity contribution in [2.45, 2.75) is 65.2 Å². The van der Waals surface area contributed by atoms with Gasteiger partial charge in [0.1, 0.15) is 0 Å². The molecule has 2 fully saturated rings. The fourth-order valence-corrected chi connectivity index (χ4v) is 7.24. The molecular weight excluding hydrogens is 390 g/mol. The molecular formula is C29H31N3. The van der Waals surface area contributed by atoms with Crippen molar-refractivity contribution in [3.8, 4) is 22.8 Å². The van der Waals surface area contributed by atoms with Crippen molar-refractivity contribution < 1.29 is 0 Å². The van der Waals surface area contributed by atoms with Crippen molar-refractivity contribution in [3.63, 3.8) is 0 Å². The van der Waals surface area contributed by atoms with Gasteiger partial charge in [0.15, 0.2) is 0 Å². The van der Waals surface area contributed by atoms with Gasteiger partial charge in [0.25, 0.3) is 0 Å². The van der Waals surface area contributed by atoms with Gasteiger partial charge in [0.2, 0.25) is 0 Å². The molecule has 0 aromatic carbocycles. The number of nitrogens with zero attached hydrogens (tertiary/aromatic N) is 3. The van der Waals surface area contributed by atoms with Gasteiger partial charge in [-0.1, -0.05) is 45.9 Å². The number of aromatic nitrogens is 3. The van der Waals surface area contributed by atoms with Crippen molar-refractivity contribution in [1.82, 2.24) is 15.0 Å². The predicted octanol–water partition coefficient (Wildman–Crippen LogP) is 6.58. The second kappa shape index (κ2) is 6.07. The smallest absolute Gasteiger partial charge is 0.0894 e. The monoisotopic (exact) mass is 421 g/mol. The molecule has 0 radical (unpaired) electrons. The van der Waals surface area contributed by atoms with E-state index in [1.54, 1.807) is 0 Å². The Morgan fingerprint density at radius 2 is 1.03 bits per heavy atom. The summed E-state index contributed by atoms with van der Waals surface area (Å²) in [6, 6.07) is 15.3. The second-order valence-electron chi connectivity index (χ2n) is 11.9. The van der Waals surface area contributed by atoms with Crippen molar-refractivity contribution in [1.29, 1.82) is 0 Å². The van der Waals surface area contributed by atoms with Crippen LogP contribution in [0.2, 0.25) is 0 Å². The van der Waals surface area contributed by atoms with Crippen molar-refractivity contribution in [3.05, 3.63) is 65.0 Å². The van der Waals surface area contributed by atoms with Crippen LogP contribution in [0.15, 0.2) is 42.5 Å². The van der Waals surface area contributed by atoms with E-state index in [1.807, 2.05) is 0 Å². The third-order valence-electron chi connectivity index (χ3n) is 9.86. The first kappa shape index (κ1) is 19.0. The molecule has 0 spiro atoms. The Bertz CT molecular complexity index is 1180. The van der Waals surface area contributed by atoms with Gasteiger partial charge in [-0.3, -0.25) is 9.97 Å². The molecule has 0 aliphatic heterocycles. The zero-order valence-electron chi connectivity index (χ0n) is 19.5. The molecule has 6 aliphatic carbocycles. The number of hydrogen-bond donors (Lipinski definition) is 0. The van der Waals surface area contributed by atoms with E-state index in [4.69, 9.17) is 15.0 Å². The summed E-state index contributed by atoms with van der Waals surface area (Å²) in [6.45, 7) is 9.68. The average Bonchev–Trinajstić information content (AvgIpc) is 2.82. The SMILES string of the molecule is CC1(C)[C@H]2Cc3nc(-c4cccc(-c5ccc6c(n5)C[C@H]5C[C@@H]6C5(C)C)n4)ccc3[C@@H]1C2. The maximum absolute atomic E-state index is 5.08. The van der Waals surface area contributed by atoms with Crippen molar-refractivity contribution in [2.75, 3.05) is 0 Å². The topological polar surface area (TPSA) is 38.7 Å². The highest BCUT2D eigenvalue weighted by Crippen LogP contribution is 2.62. The Balaban J connectivity index is 1.22. The summed E-state index contributed by atoms with van der Waals surface area (Å²) < 4.78 is 0. The normalized spacial score (nSPS) is 29.9. The van der Waals surface area contributed by atoms with Gasteiger partial charge < -0.3 is 0 Å². The Hall–Kier alpha value is -2.55. The summed E-state index contributed by atoms with van der Waals surface area (Å²) in [5.74, 6) is 2.90. The molecule has 6 aliphatic rings. The Labute approximate surface area is 190 Å². The first-order valence-electron chi connectivity index (χ1n) is 12.3. The molecule has 9 rings (SSSR count). The molecule has 3 heterocycles. The summed E-state index contributed by atoms with van der Waals surface area (Å²) in [5.41, 5.74) is 10.3. The van der Waals surface area contributed by atoms with Crippen LogP contribution in [0.25, 0.3) is 22.8 Å². The maximum atomic E-state index is 5.08. The van der Waals surface area contributed by atoms with E-state index < -0.39 is 0 Å². The molecule has 4 bridgehead atoms. The van der Waals surface area contributed by atoms with Gasteiger partial charge in [0.05, 0.1) is 22.8 Å². The standard InChI is InChI=1S/C29H31N3/c1-28(2)16-12-20(28)18-8-10-24(31-26(18)14-16)22-6-5-7-23(30-22)25-11-9-19-21-13-17(29(21,3)4)15-27(19)32-25/h5-11,16-17,20-21H,12-15H2,1-4H3/t16-,17-,20+,21+/m1/s1. The van der Waals surface area contributed by atoms with Crippen LogP contribution in [-0.4, -0.2) is 15.0 Å². The Kier molecular flexibility index (Phi) is 3.60. The maximum Gasteiger partial charge on any atom is 0.0894 e. The Morgan fingerprint density at radius 3 is 1.47 bits per heavy atom. The van der Waals surface area contributed by atoms with Gasteiger partial charge in [-0.25, -0.2) is 4.98 Å². The van der Waals surface area contributed by atoms with Gasteiger partial charge in [-0.15, -0.1) is 0 Å². The number of rotatable bonds is 2. The van der Waals surface area contributed by atoms with Crippen LogP contribution >= 0.6 is 0 Å². The van der Waals surface area contributed by atoms with Crippen LogP contribution in [0, 0.1) is 22.7 Å². The van der Waals surface area contributed by atoms with E-state index in [-0.39, 0.29) is 0 Å². The molecule has 0 unspecified atom stereocenters. The molecule has 2 saturated carbocycles. The number of hydrogen-bond acceptors (Lipinski definition) is 3. The van der Waals surface area contributed by atoms with E-state index in [1.165, 1.54) is 35.4 Å². The van der Waals surface area contributed by atoms with E-state index >= 15 is 0 Å². The molecule has 0 N–H and O–H groups in total. The van der Waals surface area contributed by atoms with E-state index in [0.29, 0.717) is 22.7 Å². The fourth-order valence-electron chi connectivity index (χ4n) is 7.24. The largest absolute Gasteiger partial charge is 0.251 e. The lowest BCUT2D eigenvalue weighted by molar-refractivity contribution is 0.0170. The molecule has 0 saturated heterocycles. The van der Waals surface area contributed by atoms with E-state index in [9.17, 15) is 0 Å². The second-order valence-corrected chi connectivity index (χ2v) is 11.9. The van der Waals surface area contributed by atoms with E-state index in [0.717, 1.165) is 47.5 Å². The van der Waals surface area contributed by atoms with Gasteiger partial charge in [-0.05, 0) is 95.6 Å². The summed E-state index contributed by atoms with van der Waals surface area (Å²) in [6.07, 6.45) is 4.88. The van der Waals surface area contributed by atoms with Crippen molar-refractivity contribution >= 4 is 0 Å². The summed E-state index contributed by atoms with van der Waals surface area (Å²) in [7, 11) is 0. The third kappa shape index (κ3) is 2.40. The zero-order chi connectivity index (χ0) is 21.8. The fraction of sp³-hybridized carbons (Fsp3) is 0.483. The van der Waals surface area contributed by atoms with Gasteiger partial charge >= 0.3 is 0 Å². The number of pyridine rings is 3. The zero-order valence-corrected chi connectivity index (χ0v) is 19.5. The molecule has 3 heteroatoms. The average molecular weight is 422 g/mol.